The van der Waals surface area contributed by atoms with Crippen molar-refractivity contribution in [2.45, 2.75) is 65.6 Å². The SMILES string of the molecule is C=CCC(C)N1C(=O)C(CC(C)C)NC(=O)C1C(C)C. The maximum Gasteiger partial charge on any atom is 0.246 e. The lowest BCUT2D eigenvalue weighted by Crippen LogP contribution is -2.66. The van der Waals surface area contributed by atoms with Gasteiger partial charge in [0.25, 0.3) is 0 Å². The van der Waals surface area contributed by atoms with Gasteiger partial charge in [-0.2, -0.15) is 0 Å². The van der Waals surface area contributed by atoms with Gasteiger partial charge in [0.2, 0.25) is 11.8 Å². The first-order valence-corrected chi connectivity index (χ1v) is 7.53. The van der Waals surface area contributed by atoms with Crippen LogP contribution in [-0.4, -0.2) is 34.8 Å². The van der Waals surface area contributed by atoms with Crippen LogP contribution in [0.5, 0.6) is 0 Å². The van der Waals surface area contributed by atoms with Crippen LogP contribution in [0.4, 0.5) is 0 Å². The lowest BCUT2D eigenvalue weighted by molar-refractivity contribution is -0.154. The van der Waals surface area contributed by atoms with Crippen molar-refractivity contribution < 1.29 is 9.59 Å². The molecule has 1 heterocycles. The zero-order chi connectivity index (χ0) is 15.4. The van der Waals surface area contributed by atoms with Crippen LogP contribution in [0.15, 0.2) is 12.7 Å². The number of hydrogen-bond donors (Lipinski definition) is 1. The second-order valence-corrected chi connectivity index (χ2v) is 6.50. The number of nitrogens with zero attached hydrogens (tertiary/aromatic N) is 1. The minimum Gasteiger partial charge on any atom is -0.342 e. The van der Waals surface area contributed by atoms with Gasteiger partial charge >= 0.3 is 0 Å². The zero-order valence-corrected chi connectivity index (χ0v) is 13.3. The first-order valence-electron chi connectivity index (χ1n) is 7.53. The largest absolute Gasteiger partial charge is 0.342 e. The standard InChI is InChI=1S/C16H28N2O2/c1-7-8-12(6)18-14(11(4)5)15(19)17-13(16(18)20)9-10(2)3/h7,10-14H,1,8-9H2,2-6H3,(H,17,19). The fourth-order valence-corrected chi connectivity index (χ4v) is 2.86. The fourth-order valence-electron chi connectivity index (χ4n) is 2.86. The molecule has 0 aliphatic carbocycles. The van der Waals surface area contributed by atoms with Crippen LogP contribution in [0.3, 0.4) is 0 Å². The molecule has 1 rings (SSSR count). The Morgan fingerprint density at radius 3 is 2.30 bits per heavy atom. The van der Waals surface area contributed by atoms with Crippen molar-refractivity contribution in [2.24, 2.45) is 11.8 Å². The molecule has 1 aliphatic heterocycles. The smallest absolute Gasteiger partial charge is 0.246 e. The van der Waals surface area contributed by atoms with Gasteiger partial charge in [-0.25, -0.2) is 0 Å². The third-order valence-corrected chi connectivity index (χ3v) is 3.76. The van der Waals surface area contributed by atoms with Crippen molar-refractivity contribution in [1.29, 1.82) is 0 Å². The molecule has 1 fully saturated rings. The van der Waals surface area contributed by atoms with E-state index in [0.29, 0.717) is 18.8 Å². The fraction of sp³-hybridized carbons (Fsp3) is 0.750. The minimum absolute atomic E-state index is 0.00751. The van der Waals surface area contributed by atoms with Gasteiger partial charge in [-0.15, -0.1) is 6.58 Å². The summed E-state index contributed by atoms with van der Waals surface area (Å²) in [7, 11) is 0. The van der Waals surface area contributed by atoms with Crippen molar-refractivity contribution in [2.75, 3.05) is 0 Å². The summed E-state index contributed by atoms with van der Waals surface area (Å²) in [6, 6.07) is -0.751. The summed E-state index contributed by atoms with van der Waals surface area (Å²) in [5.41, 5.74) is 0. The van der Waals surface area contributed by atoms with Crippen LogP contribution >= 0.6 is 0 Å². The monoisotopic (exact) mass is 280 g/mol. The number of piperazine rings is 1. The van der Waals surface area contributed by atoms with Crippen molar-refractivity contribution in [3.05, 3.63) is 12.7 Å². The normalized spacial score (nSPS) is 25.1. The quantitative estimate of drug-likeness (QED) is 0.759. The highest BCUT2D eigenvalue weighted by Crippen LogP contribution is 2.24. The van der Waals surface area contributed by atoms with Crippen molar-refractivity contribution in [3.63, 3.8) is 0 Å². The number of nitrogens with one attached hydrogen (secondary N) is 1. The van der Waals surface area contributed by atoms with E-state index in [2.05, 4.69) is 25.7 Å². The number of carbonyl (C=O) groups excluding carboxylic acids is 2. The van der Waals surface area contributed by atoms with E-state index < -0.39 is 0 Å². The molecule has 0 aromatic carbocycles. The predicted molar refractivity (Wildman–Crippen MR) is 81.1 cm³/mol. The highest BCUT2D eigenvalue weighted by atomic mass is 16.2. The zero-order valence-electron chi connectivity index (χ0n) is 13.3. The van der Waals surface area contributed by atoms with Crippen molar-refractivity contribution in [1.82, 2.24) is 10.2 Å². The Bertz CT molecular complexity index is 377. The van der Waals surface area contributed by atoms with Crippen LogP contribution < -0.4 is 5.32 Å². The Hall–Kier alpha value is -1.32. The predicted octanol–water partition coefficient (Wildman–Crippen LogP) is 2.35. The molecular formula is C16H28N2O2. The summed E-state index contributed by atoms with van der Waals surface area (Å²) in [5.74, 6) is 0.495. The summed E-state index contributed by atoms with van der Waals surface area (Å²) >= 11 is 0. The average molecular weight is 280 g/mol. The van der Waals surface area contributed by atoms with E-state index >= 15 is 0 Å². The second-order valence-electron chi connectivity index (χ2n) is 6.50. The highest BCUT2D eigenvalue weighted by molar-refractivity contribution is 5.97. The molecule has 20 heavy (non-hydrogen) atoms. The summed E-state index contributed by atoms with van der Waals surface area (Å²) in [6.45, 7) is 13.8. The van der Waals surface area contributed by atoms with E-state index in [1.54, 1.807) is 11.0 Å². The maximum atomic E-state index is 12.7. The van der Waals surface area contributed by atoms with Gasteiger partial charge in [-0.3, -0.25) is 9.59 Å². The van der Waals surface area contributed by atoms with Crippen molar-refractivity contribution in [3.8, 4) is 0 Å². The van der Waals surface area contributed by atoms with E-state index in [1.807, 2.05) is 20.8 Å². The van der Waals surface area contributed by atoms with Gasteiger partial charge in [-0.1, -0.05) is 33.8 Å². The maximum absolute atomic E-state index is 12.7. The average Bonchev–Trinajstić information content (AvgIpc) is 2.31. The molecule has 114 valence electrons. The summed E-state index contributed by atoms with van der Waals surface area (Å²) in [6.07, 6.45) is 3.20. The molecule has 3 unspecified atom stereocenters. The Labute approximate surface area is 122 Å². The third-order valence-electron chi connectivity index (χ3n) is 3.76. The Kier molecular flexibility index (Phi) is 5.78. The Morgan fingerprint density at radius 1 is 1.25 bits per heavy atom. The molecule has 4 heteroatoms. The van der Waals surface area contributed by atoms with Gasteiger partial charge in [0.05, 0.1) is 0 Å². The molecule has 1 N–H and O–H groups in total. The first kappa shape index (κ1) is 16.7. The highest BCUT2D eigenvalue weighted by Gasteiger charge is 2.43. The molecular weight excluding hydrogens is 252 g/mol. The van der Waals surface area contributed by atoms with Gasteiger partial charge in [0.15, 0.2) is 0 Å². The summed E-state index contributed by atoms with van der Waals surface area (Å²) in [5, 5.41) is 2.90. The Balaban J connectivity index is 3.03. The van der Waals surface area contributed by atoms with Crippen LogP contribution in [0, 0.1) is 11.8 Å². The first-order chi connectivity index (χ1) is 9.29. The molecule has 4 nitrogen and oxygen atoms in total. The van der Waals surface area contributed by atoms with Crippen LogP contribution in [0.1, 0.15) is 47.5 Å². The molecule has 0 spiro atoms. The van der Waals surface area contributed by atoms with Crippen LogP contribution in [0.25, 0.3) is 0 Å². The molecule has 0 aromatic rings. The topological polar surface area (TPSA) is 49.4 Å². The van der Waals surface area contributed by atoms with Gasteiger partial charge < -0.3 is 10.2 Å². The molecule has 0 aromatic heterocycles. The Morgan fingerprint density at radius 2 is 1.85 bits per heavy atom. The number of hydrogen-bond acceptors (Lipinski definition) is 2. The molecule has 1 saturated heterocycles. The molecule has 2 amide bonds. The summed E-state index contributed by atoms with van der Waals surface area (Å²) in [4.78, 5) is 26.9. The van der Waals surface area contributed by atoms with Crippen LogP contribution in [-0.2, 0) is 9.59 Å². The number of amides is 2. The van der Waals surface area contributed by atoms with E-state index in [0.717, 1.165) is 0 Å². The van der Waals surface area contributed by atoms with Gasteiger partial charge in [0, 0.05) is 6.04 Å². The van der Waals surface area contributed by atoms with Gasteiger partial charge in [0.1, 0.15) is 12.1 Å². The second kappa shape index (κ2) is 6.91. The minimum atomic E-state index is -0.384. The van der Waals surface area contributed by atoms with E-state index in [9.17, 15) is 9.59 Å². The molecule has 1 aliphatic rings. The van der Waals surface area contributed by atoms with Crippen molar-refractivity contribution >= 4 is 11.8 Å². The lowest BCUT2D eigenvalue weighted by atomic mass is 9.92. The van der Waals surface area contributed by atoms with Crippen LogP contribution in [0.2, 0.25) is 0 Å². The van der Waals surface area contributed by atoms with Gasteiger partial charge in [-0.05, 0) is 31.6 Å². The number of carbonyl (C=O) groups is 2. The molecule has 0 saturated carbocycles. The number of rotatable bonds is 6. The molecule has 3 atom stereocenters. The van der Waals surface area contributed by atoms with E-state index in [1.165, 1.54) is 0 Å². The lowest BCUT2D eigenvalue weighted by Gasteiger charge is -2.44. The molecule has 0 bridgehead atoms. The van der Waals surface area contributed by atoms with E-state index in [-0.39, 0.29) is 35.9 Å². The van der Waals surface area contributed by atoms with E-state index in [4.69, 9.17) is 0 Å². The summed E-state index contributed by atoms with van der Waals surface area (Å²) < 4.78 is 0. The third kappa shape index (κ3) is 3.62. The molecule has 0 radical (unpaired) electrons.